The van der Waals surface area contributed by atoms with Crippen LogP contribution in [-0.2, 0) is 24.1 Å². The van der Waals surface area contributed by atoms with Crippen molar-refractivity contribution in [3.63, 3.8) is 0 Å². The summed E-state index contributed by atoms with van der Waals surface area (Å²) in [6.07, 6.45) is 6.08. The second kappa shape index (κ2) is 5.48. The minimum absolute atomic E-state index is 0.277. The summed E-state index contributed by atoms with van der Waals surface area (Å²) in [7, 11) is 0. The van der Waals surface area contributed by atoms with Crippen LogP contribution >= 0.6 is 15.9 Å². The van der Waals surface area contributed by atoms with E-state index in [1.54, 1.807) is 0 Å². The van der Waals surface area contributed by atoms with Crippen LogP contribution in [-0.4, -0.2) is 31.9 Å². The molecule has 1 saturated carbocycles. The third kappa shape index (κ3) is 2.76. The van der Waals surface area contributed by atoms with Crippen molar-refractivity contribution in [3.8, 4) is 0 Å². The van der Waals surface area contributed by atoms with Crippen LogP contribution in [0.15, 0.2) is 0 Å². The number of carboxylic acid groups (broad SMARTS) is 1. The van der Waals surface area contributed by atoms with Crippen LogP contribution in [0.4, 0.5) is 0 Å². The van der Waals surface area contributed by atoms with Crippen molar-refractivity contribution in [2.75, 3.05) is 0 Å². The molecule has 5 nitrogen and oxygen atoms in total. The van der Waals surface area contributed by atoms with E-state index < -0.39 is 12.0 Å². The lowest BCUT2D eigenvalue weighted by Crippen LogP contribution is -2.32. The Morgan fingerprint density at radius 1 is 1.45 bits per heavy atom. The van der Waals surface area contributed by atoms with Crippen LogP contribution < -0.4 is 5.73 Å². The van der Waals surface area contributed by atoms with Crippen LogP contribution in [0.1, 0.15) is 36.5 Å². The number of aromatic nitrogens is 2. The molecule has 4 atom stereocenters. The van der Waals surface area contributed by atoms with Crippen molar-refractivity contribution < 1.29 is 9.90 Å². The van der Waals surface area contributed by atoms with E-state index in [1.807, 2.05) is 0 Å². The molecule has 3 unspecified atom stereocenters. The Hall–Kier alpha value is -0.880. The van der Waals surface area contributed by atoms with Gasteiger partial charge in [0.15, 0.2) is 0 Å². The average molecular weight is 342 g/mol. The zero-order valence-electron chi connectivity index (χ0n) is 11.3. The summed E-state index contributed by atoms with van der Waals surface area (Å²) in [6, 6.07) is -0.878. The maximum atomic E-state index is 10.8. The van der Waals surface area contributed by atoms with E-state index in [-0.39, 0.29) is 6.42 Å². The van der Waals surface area contributed by atoms with Gasteiger partial charge in [-0.05, 0) is 43.9 Å². The molecule has 1 fully saturated rings. The standard InChI is InChI=1S/C14H20BrN3O2/c15-9-2-1-7-4-11-12(5-8(7)3-9)18-13(17-11)6-10(16)14(19)20/h7-10H,1-6,16H2,(H,17,18)(H,19,20)/t7?,8?,9?,10-/m1/s1. The molecule has 0 saturated heterocycles. The Kier molecular flexibility index (Phi) is 3.86. The maximum Gasteiger partial charge on any atom is 0.320 e. The molecular formula is C14H20BrN3O2. The average Bonchev–Trinajstić information content (AvgIpc) is 2.76. The highest BCUT2D eigenvalue weighted by Crippen LogP contribution is 2.41. The highest BCUT2D eigenvalue weighted by Gasteiger charge is 2.35. The van der Waals surface area contributed by atoms with Gasteiger partial charge in [-0.2, -0.15) is 0 Å². The van der Waals surface area contributed by atoms with E-state index in [4.69, 9.17) is 10.8 Å². The number of alkyl halides is 1. The zero-order valence-corrected chi connectivity index (χ0v) is 12.9. The predicted molar refractivity (Wildman–Crippen MR) is 78.9 cm³/mol. The SMILES string of the molecule is N[C@H](Cc1nc2c([nH]1)CC1CCC(Br)CC1C2)C(=O)O. The lowest BCUT2D eigenvalue weighted by Gasteiger charge is -2.36. The molecule has 1 heterocycles. The number of aromatic amines is 1. The number of carbonyl (C=O) groups is 1. The van der Waals surface area contributed by atoms with Crippen LogP contribution in [0.2, 0.25) is 0 Å². The minimum atomic E-state index is -0.977. The molecule has 20 heavy (non-hydrogen) atoms. The summed E-state index contributed by atoms with van der Waals surface area (Å²) >= 11 is 3.73. The van der Waals surface area contributed by atoms with Gasteiger partial charge in [0.2, 0.25) is 0 Å². The Balaban J connectivity index is 1.74. The number of nitrogens with one attached hydrogen (secondary N) is 1. The fourth-order valence-corrected chi connectivity index (χ4v) is 4.28. The number of imidazole rings is 1. The van der Waals surface area contributed by atoms with Crippen molar-refractivity contribution in [2.45, 2.75) is 49.4 Å². The first-order valence-electron chi connectivity index (χ1n) is 7.22. The number of fused-ring (bicyclic) bond motifs is 2. The van der Waals surface area contributed by atoms with Crippen LogP contribution in [0.5, 0.6) is 0 Å². The summed E-state index contributed by atoms with van der Waals surface area (Å²) in [5.74, 6) is 1.21. The molecule has 0 aromatic carbocycles. The van der Waals surface area contributed by atoms with Crippen molar-refractivity contribution >= 4 is 21.9 Å². The van der Waals surface area contributed by atoms with Gasteiger partial charge in [-0.25, -0.2) is 4.98 Å². The number of hydrogen-bond donors (Lipinski definition) is 3. The number of rotatable bonds is 3. The molecule has 0 radical (unpaired) electrons. The Labute approximate surface area is 126 Å². The van der Waals surface area contributed by atoms with Gasteiger partial charge in [0.25, 0.3) is 0 Å². The fourth-order valence-electron chi connectivity index (χ4n) is 3.53. The number of carboxylic acids is 1. The lowest BCUT2D eigenvalue weighted by molar-refractivity contribution is -0.138. The summed E-state index contributed by atoms with van der Waals surface area (Å²) < 4.78 is 0. The number of hydrogen-bond acceptors (Lipinski definition) is 3. The predicted octanol–water partition coefficient (Wildman–Crippen LogP) is 1.64. The van der Waals surface area contributed by atoms with E-state index in [0.717, 1.165) is 30.3 Å². The highest BCUT2D eigenvalue weighted by molar-refractivity contribution is 9.09. The largest absolute Gasteiger partial charge is 0.480 e. The summed E-state index contributed by atoms with van der Waals surface area (Å²) in [5.41, 5.74) is 7.90. The quantitative estimate of drug-likeness (QED) is 0.728. The first-order chi connectivity index (χ1) is 9.52. The van der Waals surface area contributed by atoms with Crippen LogP contribution in [0.25, 0.3) is 0 Å². The van der Waals surface area contributed by atoms with Crippen molar-refractivity contribution in [1.29, 1.82) is 0 Å². The van der Waals surface area contributed by atoms with E-state index in [0.29, 0.717) is 10.7 Å². The van der Waals surface area contributed by atoms with Gasteiger partial charge in [0.1, 0.15) is 11.9 Å². The molecule has 0 amide bonds. The van der Waals surface area contributed by atoms with E-state index in [1.165, 1.54) is 25.0 Å². The lowest BCUT2D eigenvalue weighted by atomic mass is 9.71. The molecule has 3 rings (SSSR count). The van der Waals surface area contributed by atoms with E-state index >= 15 is 0 Å². The molecule has 1 aromatic heterocycles. The molecule has 1 aromatic rings. The second-order valence-electron chi connectivity index (χ2n) is 6.10. The van der Waals surface area contributed by atoms with Crippen molar-refractivity contribution in [3.05, 3.63) is 17.2 Å². The van der Waals surface area contributed by atoms with Gasteiger partial charge < -0.3 is 15.8 Å². The van der Waals surface area contributed by atoms with Gasteiger partial charge in [-0.3, -0.25) is 4.79 Å². The maximum absolute atomic E-state index is 10.8. The zero-order chi connectivity index (χ0) is 14.3. The smallest absolute Gasteiger partial charge is 0.320 e. The normalized spacial score (nSPS) is 30.4. The molecule has 0 bridgehead atoms. The number of aliphatic carboxylic acids is 1. The Morgan fingerprint density at radius 2 is 2.25 bits per heavy atom. The second-order valence-corrected chi connectivity index (χ2v) is 7.39. The van der Waals surface area contributed by atoms with Crippen LogP contribution in [0.3, 0.4) is 0 Å². The summed E-state index contributed by atoms with van der Waals surface area (Å²) in [4.78, 5) is 19.3. The molecule has 0 aliphatic heterocycles. The van der Waals surface area contributed by atoms with Gasteiger partial charge in [-0.1, -0.05) is 15.9 Å². The van der Waals surface area contributed by atoms with Gasteiger partial charge >= 0.3 is 5.97 Å². The first-order valence-corrected chi connectivity index (χ1v) is 8.13. The van der Waals surface area contributed by atoms with Gasteiger partial charge in [0, 0.05) is 16.9 Å². The van der Waals surface area contributed by atoms with E-state index in [2.05, 4.69) is 25.9 Å². The number of nitrogens with two attached hydrogens (primary N) is 1. The number of halogens is 1. The topological polar surface area (TPSA) is 92.0 Å². The van der Waals surface area contributed by atoms with Crippen molar-refractivity contribution in [2.24, 2.45) is 17.6 Å². The first kappa shape index (κ1) is 14.1. The molecule has 2 aliphatic carbocycles. The molecule has 6 heteroatoms. The van der Waals surface area contributed by atoms with Crippen LogP contribution in [0, 0.1) is 11.8 Å². The molecule has 0 spiro atoms. The minimum Gasteiger partial charge on any atom is -0.480 e. The van der Waals surface area contributed by atoms with Gasteiger partial charge in [-0.15, -0.1) is 0 Å². The summed E-state index contributed by atoms with van der Waals surface area (Å²) in [5, 5.41) is 8.87. The number of H-pyrrole nitrogens is 1. The molecule has 4 N–H and O–H groups in total. The molecule has 2 aliphatic rings. The van der Waals surface area contributed by atoms with Crippen molar-refractivity contribution in [1.82, 2.24) is 9.97 Å². The Morgan fingerprint density at radius 3 is 3.00 bits per heavy atom. The fraction of sp³-hybridized carbons (Fsp3) is 0.714. The third-order valence-corrected chi connectivity index (χ3v) is 5.47. The third-order valence-electron chi connectivity index (χ3n) is 4.64. The Bertz CT molecular complexity index is 517. The van der Waals surface area contributed by atoms with E-state index in [9.17, 15) is 4.79 Å². The molecular weight excluding hydrogens is 322 g/mol. The van der Waals surface area contributed by atoms with Gasteiger partial charge in [0.05, 0.1) is 5.69 Å². The monoisotopic (exact) mass is 341 g/mol. The molecule has 110 valence electrons. The highest BCUT2D eigenvalue weighted by atomic mass is 79.9. The number of nitrogens with zero attached hydrogens (tertiary/aromatic N) is 1. The summed E-state index contributed by atoms with van der Waals surface area (Å²) in [6.45, 7) is 0.